The van der Waals surface area contributed by atoms with Crippen LogP contribution in [0.5, 0.6) is 0 Å². The molecule has 2 rings (SSSR count). The zero-order chi connectivity index (χ0) is 15.8. The van der Waals surface area contributed by atoms with Crippen molar-refractivity contribution in [2.45, 2.75) is 57.7 Å². The van der Waals surface area contributed by atoms with Crippen LogP contribution in [0.3, 0.4) is 0 Å². The number of amides is 1. The molecule has 1 amide bonds. The lowest BCUT2D eigenvalue weighted by Gasteiger charge is -2.28. The van der Waals surface area contributed by atoms with E-state index in [1.54, 1.807) is 26.8 Å². The highest BCUT2D eigenvalue weighted by molar-refractivity contribution is 5.82. The number of carbonyl (C=O) groups is 2. The van der Waals surface area contributed by atoms with Crippen molar-refractivity contribution < 1.29 is 19.4 Å². The monoisotopic (exact) mass is 293 g/mol. The minimum atomic E-state index is -0.968. The number of allylic oxidation sites excluding steroid dienone is 2. The number of aliphatic carboxylic acids is 1. The summed E-state index contributed by atoms with van der Waals surface area (Å²) in [5, 5.41) is 9.37. The van der Waals surface area contributed by atoms with Crippen molar-refractivity contribution in [1.29, 1.82) is 0 Å². The van der Waals surface area contributed by atoms with E-state index in [0.29, 0.717) is 6.42 Å². The number of hydrogen-bond donors (Lipinski definition) is 1. The Morgan fingerprint density at radius 3 is 2.62 bits per heavy atom. The van der Waals surface area contributed by atoms with Crippen molar-refractivity contribution in [2.24, 2.45) is 5.41 Å². The summed E-state index contributed by atoms with van der Waals surface area (Å²) in [4.78, 5) is 25.1. The van der Waals surface area contributed by atoms with Crippen molar-refractivity contribution in [1.82, 2.24) is 4.90 Å². The summed E-state index contributed by atoms with van der Waals surface area (Å²) in [6.45, 7) is 8.99. The zero-order valence-corrected chi connectivity index (χ0v) is 12.8. The Labute approximate surface area is 125 Å². The third-order valence-corrected chi connectivity index (χ3v) is 3.96. The van der Waals surface area contributed by atoms with Crippen LogP contribution in [0.4, 0.5) is 4.79 Å². The molecule has 0 radical (unpaired) electrons. The fraction of sp³-hybridized carbons (Fsp3) is 0.625. The molecule has 5 nitrogen and oxygen atoms in total. The Bertz CT molecular complexity index is 491. The summed E-state index contributed by atoms with van der Waals surface area (Å²) < 4.78 is 5.35. The van der Waals surface area contributed by atoms with Crippen LogP contribution in [0.1, 0.15) is 40.0 Å². The SMILES string of the molecule is C=CC/C=C\[C@@]12C[C@@H](C(=O)O)N(C(=O)OC(C)(C)C)[C@@H]1C2. The van der Waals surface area contributed by atoms with Gasteiger partial charge in [0.2, 0.25) is 0 Å². The van der Waals surface area contributed by atoms with E-state index in [1.807, 2.05) is 12.2 Å². The van der Waals surface area contributed by atoms with E-state index in [4.69, 9.17) is 4.74 Å². The summed E-state index contributed by atoms with van der Waals surface area (Å²) in [6.07, 6.45) is 7.31. The second-order valence-corrected chi connectivity index (χ2v) is 6.83. The largest absolute Gasteiger partial charge is 0.480 e. The van der Waals surface area contributed by atoms with E-state index >= 15 is 0 Å². The van der Waals surface area contributed by atoms with Crippen LogP contribution in [0.2, 0.25) is 0 Å². The molecule has 1 aliphatic carbocycles. The Morgan fingerprint density at radius 1 is 1.43 bits per heavy atom. The molecule has 1 N–H and O–H groups in total. The first-order chi connectivity index (χ1) is 9.70. The van der Waals surface area contributed by atoms with Crippen molar-refractivity contribution in [2.75, 3.05) is 0 Å². The third kappa shape index (κ3) is 3.12. The van der Waals surface area contributed by atoms with Gasteiger partial charge in [-0.2, -0.15) is 0 Å². The number of nitrogens with zero attached hydrogens (tertiary/aromatic N) is 1. The molecule has 5 heteroatoms. The molecule has 0 aromatic rings. The van der Waals surface area contributed by atoms with E-state index in [-0.39, 0.29) is 11.5 Å². The predicted octanol–water partition coefficient (Wildman–Crippen LogP) is 2.97. The van der Waals surface area contributed by atoms with Gasteiger partial charge in [-0.3, -0.25) is 4.90 Å². The lowest BCUT2D eigenvalue weighted by Crippen LogP contribution is -2.45. The van der Waals surface area contributed by atoms with E-state index in [0.717, 1.165) is 12.8 Å². The molecule has 0 spiro atoms. The van der Waals surface area contributed by atoms with Gasteiger partial charge in [0, 0.05) is 11.5 Å². The lowest BCUT2D eigenvalue weighted by molar-refractivity contribution is -0.142. The van der Waals surface area contributed by atoms with Crippen LogP contribution in [0.15, 0.2) is 24.8 Å². The van der Waals surface area contributed by atoms with Crippen molar-refractivity contribution in [3.05, 3.63) is 24.8 Å². The highest BCUT2D eigenvalue weighted by Gasteiger charge is 2.66. The molecule has 0 aromatic heterocycles. The molecular formula is C16H23NO4. The summed E-state index contributed by atoms with van der Waals surface area (Å²) >= 11 is 0. The van der Waals surface area contributed by atoms with Gasteiger partial charge in [0.15, 0.2) is 0 Å². The first-order valence-electron chi connectivity index (χ1n) is 7.23. The lowest BCUT2D eigenvalue weighted by atomic mass is 9.99. The fourth-order valence-corrected chi connectivity index (χ4v) is 2.99. The normalized spacial score (nSPS) is 31.1. The molecule has 0 bridgehead atoms. The summed E-state index contributed by atoms with van der Waals surface area (Å²) in [7, 11) is 0. The number of carbonyl (C=O) groups excluding carboxylic acids is 1. The number of carboxylic acids is 1. The van der Waals surface area contributed by atoms with Gasteiger partial charge in [-0.05, 0) is 40.0 Å². The molecule has 116 valence electrons. The molecule has 1 heterocycles. The Balaban J connectivity index is 2.15. The van der Waals surface area contributed by atoms with Gasteiger partial charge in [-0.15, -0.1) is 6.58 Å². The average Bonchev–Trinajstić information content (AvgIpc) is 2.92. The van der Waals surface area contributed by atoms with Crippen LogP contribution >= 0.6 is 0 Å². The van der Waals surface area contributed by atoms with Gasteiger partial charge in [0.1, 0.15) is 11.6 Å². The molecule has 2 aliphatic rings. The topological polar surface area (TPSA) is 66.8 Å². The van der Waals surface area contributed by atoms with Gasteiger partial charge < -0.3 is 9.84 Å². The van der Waals surface area contributed by atoms with Gasteiger partial charge in [-0.25, -0.2) is 9.59 Å². The minimum absolute atomic E-state index is 0.0606. The average molecular weight is 293 g/mol. The standard InChI is InChI=1S/C16H23NO4/c1-5-6-7-8-16-9-11(13(18)19)17(12(16)10-16)14(20)21-15(2,3)4/h5,7-8,11-12H,1,6,9-10H2,2-4H3,(H,18,19)/b8-7-/t11-,12+,16-/m0/s1. The molecule has 21 heavy (non-hydrogen) atoms. The summed E-state index contributed by atoms with van der Waals surface area (Å²) in [5.74, 6) is -0.968. The number of piperidine rings is 1. The zero-order valence-electron chi connectivity index (χ0n) is 12.8. The van der Waals surface area contributed by atoms with E-state index < -0.39 is 23.7 Å². The molecule has 3 atom stereocenters. The second kappa shape index (κ2) is 5.20. The first kappa shape index (κ1) is 15.6. The van der Waals surface area contributed by atoms with E-state index in [9.17, 15) is 14.7 Å². The van der Waals surface area contributed by atoms with Crippen LogP contribution in [-0.2, 0) is 9.53 Å². The minimum Gasteiger partial charge on any atom is -0.480 e. The molecule has 1 saturated heterocycles. The number of hydrogen-bond acceptors (Lipinski definition) is 3. The van der Waals surface area contributed by atoms with Crippen LogP contribution in [0, 0.1) is 5.41 Å². The van der Waals surface area contributed by atoms with Crippen molar-refractivity contribution in [3.8, 4) is 0 Å². The van der Waals surface area contributed by atoms with Gasteiger partial charge in [-0.1, -0.05) is 18.2 Å². The van der Waals surface area contributed by atoms with Crippen molar-refractivity contribution in [3.63, 3.8) is 0 Å². The molecule has 1 aliphatic heterocycles. The van der Waals surface area contributed by atoms with Gasteiger partial charge in [0.05, 0.1) is 0 Å². The number of likely N-dealkylation sites (tertiary alicyclic amines) is 1. The quantitative estimate of drug-likeness (QED) is 0.809. The Kier molecular flexibility index (Phi) is 3.87. The molecule has 0 unspecified atom stereocenters. The second-order valence-electron chi connectivity index (χ2n) is 6.83. The third-order valence-electron chi connectivity index (χ3n) is 3.96. The van der Waals surface area contributed by atoms with Crippen LogP contribution in [-0.4, -0.2) is 39.8 Å². The van der Waals surface area contributed by atoms with Crippen LogP contribution < -0.4 is 0 Å². The number of fused-ring (bicyclic) bond motifs is 1. The smallest absolute Gasteiger partial charge is 0.411 e. The number of rotatable bonds is 4. The van der Waals surface area contributed by atoms with Crippen LogP contribution in [0.25, 0.3) is 0 Å². The summed E-state index contributed by atoms with van der Waals surface area (Å²) in [6, 6.07) is -0.860. The highest BCUT2D eigenvalue weighted by Crippen LogP contribution is 2.60. The number of ether oxygens (including phenoxy) is 1. The molecule has 2 fully saturated rings. The Morgan fingerprint density at radius 2 is 2.10 bits per heavy atom. The highest BCUT2D eigenvalue weighted by atomic mass is 16.6. The predicted molar refractivity (Wildman–Crippen MR) is 78.9 cm³/mol. The maximum atomic E-state index is 12.3. The number of carboxylic acid groups (broad SMARTS) is 1. The van der Waals surface area contributed by atoms with Gasteiger partial charge >= 0.3 is 12.1 Å². The van der Waals surface area contributed by atoms with E-state index in [2.05, 4.69) is 6.58 Å². The maximum absolute atomic E-state index is 12.3. The van der Waals surface area contributed by atoms with E-state index in [1.165, 1.54) is 4.90 Å². The molecular weight excluding hydrogens is 270 g/mol. The molecule has 0 aromatic carbocycles. The fourth-order valence-electron chi connectivity index (χ4n) is 2.99. The first-order valence-corrected chi connectivity index (χ1v) is 7.23. The maximum Gasteiger partial charge on any atom is 0.411 e. The van der Waals surface area contributed by atoms with Gasteiger partial charge in [0.25, 0.3) is 0 Å². The Hall–Kier alpha value is -1.78. The van der Waals surface area contributed by atoms with Crippen molar-refractivity contribution >= 4 is 12.1 Å². The molecule has 1 saturated carbocycles. The summed E-state index contributed by atoms with van der Waals surface area (Å²) in [5.41, 5.74) is -0.818.